The lowest BCUT2D eigenvalue weighted by molar-refractivity contribution is -0.00741. The highest BCUT2D eigenvalue weighted by Crippen LogP contribution is 2.39. The molecule has 3 aromatic rings. The first kappa shape index (κ1) is 24.4. The number of hydrogen-bond acceptors (Lipinski definition) is 8. The zero-order chi connectivity index (χ0) is 25.8. The lowest BCUT2D eigenvalue weighted by Gasteiger charge is -2.39. The Hall–Kier alpha value is -3.28. The monoisotopic (exact) mass is 517 g/mol. The summed E-state index contributed by atoms with van der Waals surface area (Å²) >= 11 is 0. The minimum atomic E-state index is -3.55. The Kier molecular flexibility index (Phi) is 5.89. The number of sulfone groups is 1. The summed E-state index contributed by atoms with van der Waals surface area (Å²) in [5.41, 5.74) is -0.160. The fourth-order valence-electron chi connectivity index (χ4n) is 4.98. The van der Waals surface area contributed by atoms with Crippen molar-refractivity contribution in [1.29, 1.82) is 0 Å². The van der Waals surface area contributed by atoms with Crippen LogP contribution in [0.5, 0.6) is 5.88 Å². The predicted molar refractivity (Wildman–Crippen MR) is 128 cm³/mol. The number of amides is 1. The summed E-state index contributed by atoms with van der Waals surface area (Å²) in [6.07, 6.45) is 6.48. The molecule has 2 aliphatic rings. The van der Waals surface area contributed by atoms with Crippen molar-refractivity contribution in [3.8, 4) is 11.6 Å². The second-order valence-electron chi connectivity index (χ2n) is 10.3. The molecule has 0 N–H and O–H groups in total. The van der Waals surface area contributed by atoms with Crippen LogP contribution in [0.3, 0.4) is 0 Å². The van der Waals surface area contributed by atoms with E-state index in [4.69, 9.17) is 9.47 Å². The summed E-state index contributed by atoms with van der Waals surface area (Å²) < 4.78 is 51.4. The van der Waals surface area contributed by atoms with Gasteiger partial charge in [-0.25, -0.2) is 32.3 Å². The minimum absolute atomic E-state index is 0.0334. The molecule has 2 aromatic heterocycles. The molecule has 4 heterocycles. The smallest absolute Gasteiger partial charge is 0.410 e. The first-order chi connectivity index (χ1) is 16.9. The fourth-order valence-corrected chi connectivity index (χ4v) is 5.61. The van der Waals surface area contributed by atoms with E-state index in [1.54, 1.807) is 0 Å². The number of rotatable bonds is 4. The molecule has 2 unspecified atom stereocenters. The van der Waals surface area contributed by atoms with Gasteiger partial charge >= 0.3 is 6.09 Å². The summed E-state index contributed by atoms with van der Waals surface area (Å²) in [5, 5.41) is 4.76. The molecule has 0 radical (unpaired) electrons. The summed E-state index contributed by atoms with van der Waals surface area (Å²) in [7, 11) is -3.55. The number of piperidine rings is 1. The standard InChI is InChI=1S/C24H28FN5O5S/c1-24(2,3)35-23(31)29-14-5-6-15(29)10-16(9-14)34-22-18-12-28-30(21(18)26-13-27-22)20-8-7-17(11-19(20)25)36(4,32)33/h7-8,11-16H,5-6,9-10H2,1-4H3. The van der Waals surface area contributed by atoms with Gasteiger partial charge in [-0.3, -0.25) is 0 Å². The molecule has 0 aliphatic carbocycles. The van der Waals surface area contributed by atoms with Crippen molar-refractivity contribution in [2.45, 2.75) is 75.1 Å². The molecule has 1 aromatic carbocycles. The van der Waals surface area contributed by atoms with Gasteiger partial charge < -0.3 is 14.4 Å². The van der Waals surface area contributed by atoms with Crippen molar-refractivity contribution < 1.29 is 27.1 Å². The van der Waals surface area contributed by atoms with Gasteiger partial charge in [-0.2, -0.15) is 5.10 Å². The lowest BCUT2D eigenvalue weighted by Crippen LogP contribution is -2.50. The number of fused-ring (bicyclic) bond motifs is 3. The van der Waals surface area contributed by atoms with Crippen LogP contribution in [0.4, 0.5) is 9.18 Å². The predicted octanol–water partition coefficient (Wildman–Crippen LogP) is 3.67. The quantitative estimate of drug-likeness (QED) is 0.515. The topological polar surface area (TPSA) is 117 Å². The molecule has 12 heteroatoms. The summed E-state index contributed by atoms with van der Waals surface area (Å²) in [5.74, 6) is -0.412. The van der Waals surface area contributed by atoms with Gasteiger partial charge in [-0.1, -0.05) is 0 Å². The SMILES string of the molecule is CC(C)(C)OC(=O)N1C2CCC1CC(Oc1ncnc3c1cnn3-c1ccc(S(C)(=O)=O)cc1F)C2. The molecule has 10 nitrogen and oxygen atoms in total. The van der Waals surface area contributed by atoms with Gasteiger partial charge in [-0.05, 0) is 51.8 Å². The van der Waals surface area contributed by atoms with Gasteiger partial charge in [0.2, 0.25) is 5.88 Å². The number of nitrogens with zero attached hydrogens (tertiary/aromatic N) is 5. The zero-order valence-corrected chi connectivity index (χ0v) is 21.3. The number of carbonyl (C=O) groups is 1. The molecule has 0 spiro atoms. The molecule has 0 saturated carbocycles. The van der Waals surface area contributed by atoms with Crippen LogP contribution in [0.1, 0.15) is 46.5 Å². The Morgan fingerprint density at radius 3 is 2.44 bits per heavy atom. The molecule has 192 valence electrons. The van der Waals surface area contributed by atoms with E-state index in [0.717, 1.165) is 25.2 Å². The zero-order valence-electron chi connectivity index (χ0n) is 20.5. The Morgan fingerprint density at radius 2 is 1.83 bits per heavy atom. The second kappa shape index (κ2) is 8.68. The lowest BCUT2D eigenvalue weighted by atomic mass is 10.00. The van der Waals surface area contributed by atoms with E-state index in [2.05, 4.69) is 15.1 Å². The molecule has 2 saturated heterocycles. The third-order valence-corrected chi connectivity index (χ3v) is 7.59. The number of ether oxygens (including phenoxy) is 2. The Bertz CT molecular complexity index is 1420. The first-order valence-corrected chi connectivity index (χ1v) is 13.7. The van der Waals surface area contributed by atoms with Crippen LogP contribution in [0.2, 0.25) is 0 Å². The van der Waals surface area contributed by atoms with E-state index < -0.39 is 21.3 Å². The van der Waals surface area contributed by atoms with Gasteiger partial charge in [0.05, 0.1) is 11.1 Å². The molecule has 2 bridgehead atoms. The number of halogens is 1. The van der Waals surface area contributed by atoms with Crippen LogP contribution in [0.15, 0.2) is 35.6 Å². The van der Waals surface area contributed by atoms with Gasteiger partial charge in [0.15, 0.2) is 15.5 Å². The Morgan fingerprint density at radius 1 is 1.14 bits per heavy atom. The number of benzene rings is 1. The number of aromatic nitrogens is 4. The molecular formula is C24H28FN5O5S. The largest absolute Gasteiger partial charge is 0.474 e. The third kappa shape index (κ3) is 4.61. The highest BCUT2D eigenvalue weighted by Gasteiger charge is 2.45. The first-order valence-electron chi connectivity index (χ1n) is 11.8. The van der Waals surface area contributed by atoms with Crippen LogP contribution in [-0.2, 0) is 14.6 Å². The third-order valence-electron chi connectivity index (χ3n) is 6.48. The van der Waals surface area contributed by atoms with Crippen LogP contribution in [-0.4, -0.2) is 69.2 Å². The molecule has 5 rings (SSSR count). The van der Waals surface area contributed by atoms with E-state index in [1.165, 1.54) is 29.3 Å². The number of carbonyl (C=O) groups excluding carboxylic acids is 1. The summed E-state index contributed by atoms with van der Waals surface area (Å²) in [6.45, 7) is 5.57. The Labute approximate surface area is 208 Å². The average Bonchev–Trinajstić information content (AvgIpc) is 3.31. The molecular weight excluding hydrogens is 489 g/mol. The Balaban J connectivity index is 1.37. The minimum Gasteiger partial charge on any atom is -0.474 e. The highest BCUT2D eigenvalue weighted by atomic mass is 32.2. The maximum atomic E-state index is 14.8. The van der Waals surface area contributed by atoms with Crippen molar-refractivity contribution >= 4 is 27.0 Å². The van der Waals surface area contributed by atoms with Crippen LogP contribution in [0.25, 0.3) is 16.7 Å². The average molecular weight is 518 g/mol. The maximum Gasteiger partial charge on any atom is 0.410 e. The van der Waals surface area contributed by atoms with Gasteiger partial charge in [0.25, 0.3) is 0 Å². The van der Waals surface area contributed by atoms with Gasteiger partial charge in [-0.15, -0.1) is 0 Å². The second-order valence-corrected chi connectivity index (χ2v) is 12.4. The fraction of sp³-hybridized carbons (Fsp3) is 0.500. The van der Waals surface area contributed by atoms with Crippen molar-refractivity contribution in [3.63, 3.8) is 0 Å². The van der Waals surface area contributed by atoms with Crippen molar-refractivity contribution in [2.24, 2.45) is 0 Å². The van der Waals surface area contributed by atoms with E-state index in [0.29, 0.717) is 29.8 Å². The van der Waals surface area contributed by atoms with Gasteiger partial charge in [0.1, 0.15) is 34.9 Å². The molecule has 2 fully saturated rings. The molecule has 36 heavy (non-hydrogen) atoms. The van der Waals surface area contributed by atoms with Crippen molar-refractivity contribution in [2.75, 3.05) is 6.26 Å². The molecule has 2 aliphatic heterocycles. The van der Waals surface area contributed by atoms with Crippen LogP contribution in [0, 0.1) is 5.82 Å². The van der Waals surface area contributed by atoms with Crippen LogP contribution >= 0.6 is 0 Å². The van der Waals surface area contributed by atoms with Crippen molar-refractivity contribution in [1.82, 2.24) is 24.6 Å². The number of hydrogen-bond donors (Lipinski definition) is 0. The molecule has 2 atom stereocenters. The van der Waals surface area contributed by atoms with Gasteiger partial charge in [0, 0.05) is 31.2 Å². The van der Waals surface area contributed by atoms with E-state index in [1.807, 2.05) is 25.7 Å². The van der Waals surface area contributed by atoms with E-state index >= 15 is 0 Å². The van der Waals surface area contributed by atoms with E-state index in [9.17, 15) is 17.6 Å². The molecule has 1 amide bonds. The summed E-state index contributed by atoms with van der Waals surface area (Å²) in [6, 6.07) is 3.71. The van der Waals surface area contributed by atoms with Crippen molar-refractivity contribution in [3.05, 3.63) is 36.5 Å². The normalized spacial score (nSPS) is 22.1. The highest BCUT2D eigenvalue weighted by molar-refractivity contribution is 7.90. The van der Waals surface area contributed by atoms with Crippen LogP contribution < -0.4 is 4.74 Å². The summed E-state index contributed by atoms with van der Waals surface area (Å²) in [4.78, 5) is 23.0. The van der Waals surface area contributed by atoms with E-state index in [-0.39, 0.29) is 34.9 Å². The maximum absolute atomic E-state index is 14.8.